The van der Waals surface area contributed by atoms with Gasteiger partial charge in [-0.05, 0) is 78.4 Å². The van der Waals surface area contributed by atoms with Crippen LogP contribution >= 0.6 is 11.6 Å². The van der Waals surface area contributed by atoms with Gasteiger partial charge in [-0.3, -0.25) is 14.4 Å². The molecule has 44 heavy (non-hydrogen) atoms. The summed E-state index contributed by atoms with van der Waals surface area (Å²) in [6.45, 7) is 2.26. The lowest BCUT2D eigenvalue weighted by atomic mass is 10.00. The zero-order chi connectivity index (χ0) is 31.5. The third-order valence-electron chi connectivity index (χ3n) is 7.60. The number of anilines is 1. The van der Waals surface area contributed by atoms with Crippen molar-refractivity contribution in [2.75, 3.05) is 39.2 Å². The molecule has 0 radical (unpaired) electrons. The fourth-order valence-electron chi connectivity index (χ4n) is 5.05. The Morgan fingerprint density at radius 3 is 2.27 bits per heavy atom. The van der Waals surface area contributed by atoms with Crippen LogP contribution in [0.3, 0.4) is 0 Å². The van der Waals surface area contributed by atoms with Crippen LogP contribution in [-0.2, 0) is 33.8 Å². The molecule has 2 amide bonds. The summed E-state index contributed by atoms with van der Waals surface area (Å²) in [7, 11) is 2.98. The van der Waals surface area contributed by atoms with Gasteiger partial charge in [0, 0.05) is 61.4 Å². The second kappa shape index (κ2) is 15.9. The van der Waals surface area contributed by atoms with Gasteiger partial charge in [-0.25, -0.2) is 4.79 Å². The minimum absolute atomic E-state index is 0.0478. The standard InChI is InChI=1S/C34H38ClN3O6/c1-37(34(42)44-21-18-31(39)26-12-15-28(35)16-13-26)23-29-25(14-17-32(40)43-2)6-5-7-30(29)36-22-24-8-10-27(11-9-24)33(41)38-19-3-4-20-38/h5-13,15-16,36H,3-4,14,17-23H2,1-2H3. The highest BCUT2D eigenvalue weighted by atomic mass is 35.5. The molecule has 1 aliphatic rings. The molecule has 232 valence electrons. The number of hydrogen-bond acceptors (Lipinski definition) is 7. The third kappa shape index (κ3) is 9.07. The maximum absolute atomic E-state index is 12.9. The minimum Gasteiger partial charge on any atom is -0.469 e. The van der Waals surface area contributed by atoms with E-state index in [1.807, 2.05) is 47.4 Å². The molecule has 0 aromatic heterocycles. The first-order chi connectivity index (χ1) is 21.2. The molecule has 0 unspecified atom stereocenters. The first-order valence-corrected chi connectivity index (χ1v) is 15.1. The summed E-state index contributed by atoms with van der Waals surface area (Å²) < 4.78 is 10.2. The zero-order valence-corrected chi connectivity index (χ0v) is 25.9. The number of likely N-dealkylation sites (tertiary alicyclic amines) is 1. The fourth-order valence-corrected chi connectivity index (χ4v) is 5.17. The van der Waals surface area contributed by atoms with Crippen molar-refractivity contribution in [3.63, 3.8) is 0 Å². The highest BCUT2D eigenvalue weighted by Crippen LogP contribution is 2.25. The summed E-state index contributed by atoms with van der Waals surface area (Å²) in [5.74, 6) is -0.409. The number of carbonyl (C=O) groups is 4. The number of Topliss-reactive ketones (excluding diaryl/α,β-unsaturated/α-hetero) is 1. The summed E-state index contributed by atoms with van der Waals surface area (Å²) in [5.41, 5.74) is 4.71. The van der Waals surface area contributed by atoms with Gasteiger partial charge in [0.1, 0.15) is 6.61 Å². The van der Waals surface area contributed by atoms with Crippen LogP contribution in [0.5, 0.6) is 0 Å². The van der Waals surface area contributed by atoms with Crippen LogP contribution in [0.15, 0.2) is 66.7 Å². The van der Waals surface area contributed by atoms with Gasteiger partial charge in [0.05, 0.1) is 13.7 Å². The monoisotopic (exact) mass is 619 g/mol. The Kier molecular flexibility index (Phi) is 11.8. The maximum Gasteiger partial charge on any atom is 0.409 e. The molecule has 3 aromatic rings. The number of carbonyl (C=O) groups excluding carboxylic acids is 4. The smallest absolute Gasteiger partial charge is 0.409 e. The van der Waals surface area contributed by atoms with Gasteiger partial charge >= 0.3 is 12.1 Å². The van der Waals surface area contributed by atoms with Gasteiger partial charge in [-0.2, -0.15) is 0 Å². The summed E-state index contributed by atoms with van der Waals surface area (Å²) in [4.78, 5) is 53.2. The van der Waals surface area contributed by atoms with Gasteiger partial charge in [0.25, 0.3) is 5.91 Å². The summed E-state index contributed by atoms with van der Waals surface area (Å²) in [5, 5.41) is 4.00. The highest BCUT2D eigenvalue weighted by Gasteiger charge is 2.20. The van der Waals surface area contributed by atoms with Gasteiger partial charge < -0.3 is 24.6 Å². The number of ether oxygens (including phenoxy) is 2. The normalized spacial score (nSPS) is 12.5. The lowest BCUT2D eigenvalue weighted by Gasteiger charge is -2.22. The topological polar surface area (TPSA) is 105 Å². The SMILES string of the molecule is COC(=O)CCc1cccc(NCc2ccc(C(=O)N3CCCC3)cc2)c1CN(C)C(=O)OCCC(=O)c1ccc(Cl)cc1. The number of hydrogen-bond donors (Lipinski definition) is 1. The molecule has 0 saturated carbocycles. The average molecular weight is 620 g/mol. The van der Waals surface area contributed by atoms with Crippen LogP contribution in [0.1, 0.15) is 63.1 Å². The van der Waals surface area contributed by atoms with E-state index in [4.69, 9.17) is 21.1 Å². The van der Waals surface area contributed by atoms with E-state index in [0.717, 1.165) is 48.3 Å². The predicted octanol–water partition coefficient (Wildman–Crippen LogP) is 6.14. The van der Waals surface area contributed by atoms with E-state index in [-0.39, 0.29) is 43.7 Å². The van der Waals surface area contributed by atoms with Crippen LogP contribution in [0.4, 0.5) is 10.5 Å². The number of methoxy groups -OCH3 is 1. The van der Waals surface area contributed by atoms with Crippen molar-refractivity contribution in [3.8, 4) is 0 Å². The highest BCUT2D eigenvalue weighted by molar-refractivity contribution is 6.30. The molecule has 0 bridgehead atoms. The summed E-state index contributed by atoms with van der Waals surface area (Å²) in [6, 6.07) is 19.9. The molecule has 0 aliphatic carbocycles. The molecular weight excluding hydrogens is 582 g/mol. The van der Waals surface area contributed by atoms with E-state index in [1.54, 1.807) is 31.3 Å². The summed E-state index contributed by atoms with van der Waals surface area (Å²) >= 11 is 5.89. The first-order valence-electron chi connectivity index (χ1n) is 14.7. The number of nitrogens with one attached hydrogen (secondary N) is 1. The van der Waals surface area contributed by atoms with Crippen LogP contribution in [0.25, 0.3) is 0 Å². The second-order valence-corrected chi connectivity index (χ2v) is 11.2. The van der Waals surface area contributed by atoms with E-state index in [9.17, 15) is 19.2 Å². The molecule has 0 atom stereocenters. The second-order valence-electron chi connectivity index (χ2n) is 10.7. The number of esters is 1. The van der Waals surface area contributed by atoms with Gasteiger partial charge in [0.2, 0.25) is 0 Å². The molecule has 1 saturated heterocycles. The van der Waals surface area contributed by atoms with E-state index < -0.39 is 6.09 Å². The number of aryl methyl sites for hydroxylation is 1. The Bertz CT molecular complexity index is 1450. The molecule has 1 aliphatic heterocycles. The van der Waals surface area contributed by atoms with Crippen molar-refractivity contribution >= 4 is 41.0 Å². The van der Waals surface area contributed by atoms with Crippen molar-refractivity contribution in [2.24, 2.45) is 0 Å². The maximum atomic E-state index is 12.9. The molecule has 0 spiro atoms. The first kappa shape index (κ1) is 32.5. The molecule has 1 heterocycles. The zero-order valence-electron chi connectivity index (χ0n) is 25.1. The third-order valence-corrected chi connectivity index (χ3v) is 7.86. The predicted molar refractivity (Wildman–Crippen MR) is 169 cm³/mol. The Balaban J connectivity index is 1.40. The molecule has 1 N–H and O–H groups in total. The molecule has 9 nitrogen and oxygen atoms in total. The van der Waals surface area contributed by atoms with E-state index >= 15 is 0 Å². The van der Waals surface area contributed by atoms with Crippen molar-refractivity contribution in [1.29, 1.82) is 0 Å². The Morgan fingerprint density at radius 1 is 0.909 bits per heavy atom. The molecule has 4 rings (SSSR count). The van der Waals surface area contributed by atoms with Crippen molar-refractivity contribution in [3.05, 3.63) is 99.6 Å². The largest absolute Gasteiger partial charge is 0.469 e. The Labute approximate surface area is 263 Å². The molecular formula is C34H38ClN3O6. The van der Waals surface area contributed by atoms with Crippen molar-refractivity contribution < 1.29 is 28.7 Å². The van der Waals surface area contributed by atoms with E-state index in [1.165, 1.54) is 12.0 Å². The molecule has 3 aromatic carbocycles. The number of rotatable bonds is 13. The molecule has 1 fully saturated rings. The van der Waals surface area contributed by atoms with Gasteiger partial charge in [0.15, 0.2) is 5.78 Å². The van der Waals surface area contributed by atoms with Crippen LogP contribution in [0, 0.1) is 0 Å². The van der Waals surface area contributed by atoms with Crippen LogP contribution in [-0.4, -0.2) is 67.4 Å². The quantitative estimate of drug-likeness (QED) is 0.181. The van der Waals surface area contributed by atoms with Crippen molar-refractivity contribution in [2.45, 2.75) is 45.2 Å². The lowest BCUT2D eigenvalue weighted by molar-refractivity contribution is -0.140. The van der Waals surface area contributed by atoms with E-state index in [2.05, 4.69) is 5.32 Å². The fraction of sp³-hybridized carbons (Fsp3) is 0.353. The lowest BCUT2D eigenvalue weighted by Crippen LogP contribution is -2.28. The average Bonchev–Trinajstić information content (AvgIpc) is 3.58. The number of benzene rings is 3. The van der Waals surface area contributed by atoms with E-state index in [0.29, 0.717) is 29.1 Å². The van der Waals surface area contributed by atoms with Crippen molar-refractivity contribution in [1.82, 2.24) is 9.80 Å². The van der Waals surface area contributed by atoms with Crippen LogP contribution in [0.2, 0.25) is 5.02 Å². The van der Waals surface area contributed by atoms with Crippen LogP contribution < -0.4 is 5.32 Å². The number of nitrogens with zero attached hydrogens (tertiary/aromatic N) is 2. The summed E-state index contributed by atoms with van der Waals surface area (Å²) in [6.07, 6.45) is 2.20. The number of amides is 2. The Hall–Kier alpha value is -4.37. The number of halogens is 1. The van der Waals surface area contributed by atoms with Gasteiger partial charge in [-0.15, -0.1) is 0 Å². The molecule has 10 heteroatoms. The number of ketones is 1. The Morgan fingerprint density at radius 2 is 1.59 bits per heavy atom. The van der Waals surface area contributed by atoms with Gasteiger partial charge in [-0.1, -0.05) is 35.9 Å². The minimum atomic E-state index is -0.569.